The lowest BCUT2D eigenvalue weighted by Crippen LogP contribution is -2.27. The van der Waals surface area contributed by atoms with Gasteiger partial charge >= 0.3 is 0 Å². The van der Waals surface area contributed by atoms with Gasteiger partial charge in [-0.05, 0) is 24.5 Å². The Morgan fingerprint density at radius 1 is 1.29 bits per heavy atom. The molecule has 1 aromatic carbocycles. The highest BCUT2D eigenvalue weighted by atomic mass is 32.2. The Kier molecular flexibility index (Phi) is 6.94. The molecule has 0 saturated carbocycles. The van der Waals surface area contributed by atoms with Crippen molar-refractivity contribution >= 4 is 15.7 Å². The van der Waals surface area contributed by atoms with Gasteiger partial charge in [0, 0.05) is 19.2 Å². The lowest BCUT2D eigenvalue weighted by Gasteiger charge is -2.10. The molecular formula is C14H24N2O4S. The molecule has 3 N–H and O–H groups in total. The molecule has 1 aromatic rings. The van der Waals surface area contributed by atoms with Crippen molar-refractivity contribution in [2.24, 2.45) is 5.92 Å². The lowest BCUT2D eigenvalue weighted by molar-refractivity contribution is 0.128. The minimum Gasteiger partial charge on any atom is -0.495 e. The summed E-state index contributed by atoms with van der Waals surface area (Å²) >= 11 is 0. The molecule has 1 rings (SSSR count). The normalized spacial score (nSPS) is 11.8. The SMILES string of the molecule is COc1cc(S(=O)(=O)NCCOCCC(C)C)ccc1N. The van der Waals surface area contributed by atoms with E-state index in [2.05, 4.69) is 18.6 Å². The van der Waals surface area contributed by atoms with E-state index < -0.39 is 10.0 Å². The molecule has 0 saturated heterocycles. The Bertz CT molecular complexity index is 544. The number of methoxy groups -OCH3 is 1. The maximum atomic E-state index is 12.1. The van der Waals surface area contributed by atoms with Gasteiger partial charge in [-0.1, -0.05) is 13.8 Å². The van der Waals surface area contributed by atoms with Crippen molar-refractivity contribution in [3.05, 3.63) is 18.2 Å². The van der Waals surface area contributed by atoms with Crippen molar-refractivity contribution in [2.45, 2.75) is 25.2 Å². The lowest BCUT2D eigenvalue weighted by atomic mass is 10.1. The molecule has 6 nitrogen and oxygen atoms in total. The van der Waals surface area contributed by atoms with E-state index in [1.807, 2.05) is 0 Å². The van der Waals surface area contributed by atoms with Crippen LogP contribution in [0.15, 0.2) is 23.1 Å². The van der Waals surface area contributed by atoms with Gasteiger partial charge < -0.3 is 15.2 Å². The second-order valence-corrected chi connectivity index (χ2v) is 6.86. The first kappa shape index (κ1) is 17.7. The molecule has 0 aromatic heterocycles. The van der Waals surface area contributed by atoms with Gasteiger partial charge in [-0.3, -0.25) is 0 Å². The number of hydrogen-bond donors (Lipinski definition) is 2. The Morgan fingerprint density at radius 2 is 2.00 bits per heavy atom. The molecule has 0 aliphatic carbocycles. The maximum absolute atomic E-state index is 12.1. The summed E-state index contributed by atoms with van der Waals surface area (Å²) in [6.07, 6.45) is 0.960. The number of hydrogen-bond acceptors (Lipinski definition) is 5. The fourth-order valence-electron chi connectivity index (χ4n) is 1.61. The molecule has 0 fully saturated rings. The van der Waals surface area contributed by atoms with E-state index in [-0.39, 0.29) is 11.4 Å². The van der Waals surface area contributed by atoms with Crippen LogP contribution in [0.2, 0.25) is 0 Å². The number of anilines is 1. The molecule has 0 heterocycles. The monoisotopic (exact) mass is 316 g/mol. The van der Waals surface area contributed by atoms with Crippen LogP contribution in [0.1, 0.15) is 20.3 Å². The van der Waals surface area contributed by atoms with Crippen molar-refractivity contribution in [3.63, 3.8) is 0 Å². The first-order chi connectivity index (χ1) is 9.86. The predicted octanol–water partition coefficient (Wildman–Crippen LogP) is 1.62. The second-order valence-electron chi connectivity index (χ2n) is 5.10. The van der Waals surface area contributed by atoms with Crippen LogP contribution in [0.25, 0.3) is 0 Å². The van der Waals surface area contributed by atoms with Crippen LogP contribution in [0.4, 0.5) is 5.69 Å². The average Bonchev–Trinajstić information content (AvgIpc) is 2.42. The van der Waals surface area contributed by atoms with E-state index in [4.69, 9.17) is 15.2 Å². The van der Waals surface area contributed by atoms with Crippen molar-refractivity contribution in [1.82, 2.24) is 4.72 Å². The third-order valence-electron chi connectivity index (χ3n) is 2.89. The van der Waals surface area contributed by atoms with Crippen molar-refractivity contribution in [1.29, 1.82) is 0 Å². The number of nitrogen functional groups attached to an aromatic ring is 1. The highest BCUT2D eigenvalue weighted by molar-refractivity contribution is 7.89. The summed E-state index contributed by atoms with van der Waals surface area (Å²) in [6.45, 7) is 5.43. The van der Waals surface area contributed by atoms with Crippen molar-refractivity contribution in [3.8, 4) is 5.75 Å². The van der Waals surface area contributed by atoms with Crippen LogP contribution in [0.3, 0.4) is 0 Å². The molecule has 0 radical (unpaired) electrons. The first-order valence-electron chi connectivity index (χ1n) is 6.87. The van der Waals surface area contributed by atoms with Gasteiger partial charge in [0.25, 0.3) is 0 Å². The van der Waals surface area contributed by atoms with E-state index in [9.17, 15) is 8.42 Å². The third kappa shape index (κ3) is 5.91. The van der Waals surface area contributed by atoms with Crippen LogP contribution >= 0.6 is 0 Å². The topological polar surface area (TPSA) is 90.7 Å². The zero-order valence-electron chi connectivity index (χ0n) is 12.8. The molecule has 0 atom stereocenters. The molecule has 120 valence electrons. The molecule has 0 aliphatic rings. The number of ether oxygens (including phenoxy) is 2. The summed E-state index contributed by atoms with van der Waals surface area (Å²) < 4.78 is 37.1. The molecule has 0 spiro atoms. The predicted molar refractivity (Wildman–Crippen MR) is 82.9 cm³/mol. The van der Waals surface area contributed by atoms with E-state index >= 15 is 0 Å². The highest BCUT2D eigenvalue weighted by Crippen LogP contribution is 2.24. The van der Waals surface area contributed by atoms with Gasteiger partial charge in [-0.15, -0.1) is 0 Å². The van der Waals surface area contributed by atoms with Gasteiger partial charge in [-0.2, -0.15) is 0 Å². The van der Waals surface area contributed by atoms with Gasteiger partial charge in [0.1, 0.15) is 5.75 Å². The minimum atomic E-state index is -3.58. The molecule has 0 aliphatic heterocycles. The Morgan fingerprint density at radius 3 is 2.62 bits per heavy atom. The quantitative estimate of drug-likeness (QED) is 0.533. The van der Waals surface area contributed by atoms with Gasteiger partial charge in [0.05, 0.1) is 24.3 Å². The van der Waals surface area contributed by atoms with E-state index in [0.29, 0.717) is 30.6 Å². The van der Waals surface area contributed by atoms with Crippen LogP contribution < -0.4 is 15.2 Å². The van der Waals surface area contributed by atoms with Gasteiger partial charge in [0.2, 0.25) is 10.0 Å². The van der Waals surface area contributed by atoms with Gasteiger partial charge in [-0.25, -0.2) is 13.1 Å². The summed E-state index contributed by atoms with van der Waals surface area (Å²) in [6, 6.07) is 4.35. The van der Waals surface area contributed by atoms with Crippen LogP contribution in [-0.2, 0) is 14.8 Å². The summed E-state index contributed by atoms with van der Waals surface area (Å²) in [5.41, 5.74) is 6.06. The fraction of sp³-hybridized carbons (Fsp3) is 0.571. The molecule has 7 heteroatoms. The van der Waals surface area contributed by atoms with Crippen LogP contribution in [0.5, 0.6) is 5.75 Å². The Hall–Kier alpha value is -1.31. The van der Waals surface area contributed by atoms with E-state index in [1.54, 1.807) is 0 Å². The number of benzene rings is 1. The Labute approximate surface area is 126 Å². The Balaban J connectivity index is 2.50. The van der Waals surface area contributed by atoms with Gasteiger partial charge in [0.15, 0.2) is 0 Å². The average molecular weight is 316 g/mol. The number of rotatable bonds is 9. The fourth-order valence-corrected chi connectivity index (χ4v) is 2.64. The summed E-state index contributed by atoms with van der Waals surface area (Å²) in [4.78, 5) is 0.121. The second kappa shape index (κ2) is 8.21. The van der Waals surface area contributed by atoms with E-state index in [0.717, 1.165) is 6.42 Å². The highest BCUT2D eigenvalue weighted by Gasteiger charge is 2.15. The zero-order chi connectivity index (χ0) is 15.9. The van der Waals surface area contributed by atoms with Crippen molar-refractivity contribution in [2.75, 3.05) is 32.6 Å². The smallest absolute Gasteiger partial charge is 0.240 e. The number of sulfonamides is 1. The van der Waals surface area contributed by atoms with Crippen molar-refractivity contribution < 1.29 is 17.9 Å². The molecule has 21 heavy (non-hydrogen) atoms. The molecular weight excluding hydrogens is 292 g/mol. The summed E-state index contributed by atoms with van der Waals surface area (Å²) in [7, 11) is -2.14. The maximum Gasteiger partial charge on any atom is 0.240 e. The minimum absolute atomic E-state index is 0.121. The summed E-state index contributed by atoms with van der Waals surface area (Å²) in [5, 5.41) is 0. The summed E-state index contributed by atoms with van der Waals surface area (Å²) in [5.74, 6) is 0.912. The molecule has 0 unspecified atom stereocenters. The standard InChI is InChI=1S/C14H24N2O4S/c1-11(2)6-8-20-9-7-16-21(17,18)12-4-5-13(15)14(10-12)19-3/h4-5,10-11,16H,6-9,15H2,1-3H3. The number of nitrogens with two attached hydrogens (primary N) is 1. The molecule has 0 bridgehead atoms. The van der Waals surface area contributed by atoms with Crippen LogP contribution in [0, 0.1) is 5.92 Å². The number of nitrogens with one attached hydrogen (secondary N) is 1. The molecule has 0 amide bonds. The van der Waals surface area contributed by atoms with E-state index in [1.165, 1.54) is 25.3 Å². The first-order valence-corrected chi connectivity index (χ1v) is 8.36. The van der Waals surface area contributed by atoms with Crippen LogP contribution in [-0.4, -0.2) is 35.3 Å². The largest absolute Gasteiger partial charge is 0.495 e. The zero-order valence-corrected chi connectivity index (χ0v) is 13.6. The third-order valence-corrected chi connectivity index (χ3v) is 4.35.